The maximum absolute atomic E-state index is 11.8. The minimum absolute atomic E-state index is 0.0277. The van der Waals surface area contributed by atoms with E-state index in [4.69, 9.17) is 4.74 Å². The number of aromatic amines is 1. The Hall–Kier alpha value is -2.42. The van der Waals surface area contributed by atoms with Crippen molar-refractivity contribution in [2.45, 2.75) is 11.7 Å². The van der Waals surface area contributed by atoms with Gasteiger partial charge in [0, 0.05) is 0 Å². The van der Waals surface area contributed by atoms with E-state index in [-0.39, 0.29) is 12.6 Å². The first kappa shape index (κ1) is 11.7. The molecule has 96 valence electrons. The number of hydrogen-bond acceptors (Lipinski definition) is 7. The molecule has 0 amide bonds. The lowest BCUT2D eigenvalue weighted by atomic mass is 10.3. The summed E-state index contributed by atoms with van der Waals surface area (Å²) in [4.78, 5) is 16.0. The highest BCUT2D eigenvalue weighted by atomic mass is 32.1. The lowest BCUT2D eigenvalue weighted by Crippen LogP contribution is -2.17. The van der Waals surface area contributed by atoms with Gasteiger partial charge in [0.1, 0.15) is 6.54 Å². The lowest BCUT2D eigenvalue weighted by molar-refractivity contribution is -0.135. The van der Waals surface area contributed by atoms with E-state index in [0.29, 0.717) is 5.16 Å². The molecule has 0 atom stereocenters. The summed E-state index contributed by atoms with van der Waals surface area (Å²) >= 11 is 4.24. The molecule has 0 aliphatic heterocycles. The molecule has 2 heterocycles. The van der Waals surface area contributed by atoms with Gasteiger partial charge in [-0.15, -0.1) is 12.6 Å². The summed E-state index contributed by atoms with van der Waals surface area (Å²) in [6.07, 6.45) is 0. The van der Waals surface area contributed by atoms with E-state index >= 15 is 0 Å². The number of thiol groups is 1. The van der Waals surface area contributed by atoms with Crippen LogP contribution in [0.4, 0.5) is 0 Å². The second-order valence-corrected chi connectivity index (χ2v) is 4.07. The van der Waals surface area contributed by atoms with Gasteiger partial charge < -0.3 is 9.30 Å². The highest BCUT2D eigenvalue weighted by Crippen LogP contribution is 2.18. The van der Waals surface area contributed by atoms with Gasteiger partial charge in [-0.2, -0.15) is 0 Å². The Morgan fingerprint density at radius 2 is 2.26 bits per heavy atom. The normalized spacial score (nSPS) is 10.8. The van der Waals surface area contributed by atoms with Gasteiger partial charge in [0.25, 0.3) is 0 Å². The quantitative estimate of drug-likeness (QED) is 0.532. The number of hydrogen-bond donors (Lipinski definition) is 2. The average molecular weight is 276 g/mol. The van der Waals surface area contributed by atoms with Gasteiger partial charge in [-0.25, -0.2) is 14.9 Å². The number of carbonyl (C=O) groups is 1. The third-order valence-corrected chi connectivity index (χ3v) is 2.80. The molecule has 2 aromatic heterocycles. The fourth-order valence-corrected chi connectivity index (χ4v) is 1.97. The molecule has 9 heteroatoms. The molecule has 0 fully saturated rings. The van der Waals surface area contributed by atoms with Gasteiger partial charge in [-0.1, -0.05) is 17.2 Å². The molecule has 8 nitrogen and oxygen atoms in total. The fraction of sp³-hybridized carbons (Fsp3) is 0.100. The van der Waals surface area contributed by atoms with Gasteiger partial charge in [0.2, 0.25) is 0 Å². The molecule has 1 N–H and O–H groups in total. The predicted molar refractivity (Wildman–Crippen MR) is 66.8 cm³/mol. The second kappa shape index (κ2) is 4.69. The molecular weight excluding hydrogens is 268 g/mol. The third-order valence-electron chi connectivity index (χ3n) is 2.46. The van der Waals surface area contributed by atoms with Crippen LogP contribution in [0.1, 0.15) is 0 Å². The SMILES string of the molecule is O=C(Cn1c(S)nc2ccccc21)Oc1nnn[nH]1. The van der Waals surface area contributed by atoms with Crippen molar-refractivity contribution in [3.8, 4) is 6.01 Å². The Kier molecular flexibility index (Phi) is 2.88. The molecule has 0 saturated heterocycles. The van der Waals surface area contributed by atoms with Crippen molar-refractivity contribution in [1.82, 2.24) is 30.2 Å². The minimum atomic E-state index is -0.517. The molecule has 0 bridgehead atoms. The van der Waals surface area contributed by atoms with Crippen LogP contribution in [-0.2, 0) is 11.3 Å². The first-order valence-electron chi connectivity index (χ1n) is 5.32. The monoisotopic (exact) mass is 276 g/mol. The van der Waals surface area contributed by atoms with Crippen molar-refractivity contribution in [2.75, 3.05) is 0 Å². The molecular formula is C10H8N6O2S. The molecule has 19 heavy (non-hydrogen) atoms. The zero-order valence-electron chi connectivity index (χ0n) is 9.52. The van der Waals surface area contributed by atoms with Crippen LogP contribution in [0, 0.1) is 0 Å². The van der Waals surface area contributed by atoms with Crippen LogP contribution in [-0.4, -0.2) is 36.1 Å². The van der Waals surface area contributed by atoms with Gasteiger partial charge in [0.05, 0.1) is 11.0 Å². The summed E-state index contributed by atoms with van der Waals surface area (Å²) in [7, 11) is 0. The summed E-state index contributed by atoms with van der Waals surface area (Å²) in [6, 6.07) is 7.38. The minimum Gasteiger partial charge on any atom is -0.389 e. The number of H-pyrrole nitrogens is 1. The van der Waals surface area contributed by atoms with E-state index in [2.05, 4.69) is 38.2 Å². The van der Waals surface area contributed by atoms with E-state index in [9.17, 15) is 4.79 Å². The number of carbonyl (C=O) groups excluding carboxylic acids is 1. The van der Waals surface area contributed by atoms with Crippen LogP contribution in [0.25, 0.3) is 11.0 Å². The summed E-state index contributed by atoms with van der Waals surface area (Å²) in [5.74, 6) is -0.517. The molecule has 0 aliphatic rings. The average Bonchev–Trinajstić information content (AvgIpc) is 2.99. The van der Waals surface area contributed by atoms with E-state index in [1.165, 1.54) is 0 Å². The van der Waals surface area contributed by atoms with Gasteiger partial charge in [0.15, 0.2) is 5.16 Å². The number of tetrazole rings is 1. The standard InChI is InChI=1S/C10H8N6O2S/c17-8(18-9-12-14-15-13-9)5-16-7-4-2-1-3-6(7)11-10(16)19/h1-4H,5H2,(H,11,19)(H,12,13,14,15). The third kappa shape index (κ3) is 2.27. The highest BCUT2D eigenvalue weighted by Gasteiger charge is 2.13. The Morgan fingerprint density at radius 3 is 3.05 bits per heavy atom. The molecule has 1 aromatic carbocycles. The van der Waals surface area contributed by atoms with Crippen LogP contribution in [0.15, 0.2) is 29.4 Å². The second-order valence-electron chi connectivity index (χ2n) is 3.67. The summed E-state index contributed by atoms with van der Waals surface area (Å²) in [5.41, 5.74) is 1.57. The number of aromatic nitrogens is 6. The number of nitrogens with zero attached hydrogens (tertiary/aromatic N) is 5. The smallest absolute Gasteiger partial charge is 0.340 e. The van der Waals surface area contributed by atoms with E-state index in [1.807, 2.05) is 24.3 Å². The van der Waals surface area contributed by atoms with Crippen LogP contribution >= 0.6 is 12.6 Å². The summed E-state index contributed by atoms with van der Waals surface area (Å²) in [6.45, 7) is -0.0277. The zero-order valence-corrected chi connectivity index (χ0v) is 10.4. The summed E-state index contributed by atoms with van der Waals surface area (Å²) < 4.78 is 6.56. The van der Waals surface area contributed by atoms with Crippen LogP contribution < -0.4 is 4.74 Å². The van der Waals surface area contributed by atoms with Gasteiger partial charge >= 0.3 is 12.0 Å². The first-order chi connectivity index (χ1) is 9.24. The molecule has 3 aromatic rings. The Bertz CT molecular complexity index is 723. The van der Waals surface area contributed by atoms with Gasteiger partial charge in [-0.05, 0) is 22.6 Å². The van der Waals surface area contributed by atoms with Crippen molar-refractivity contribution in [1.29, 1.82) is 0 Å². The van der Waals surface area contributed by atoms with Crippen LogP contribution in [0.3, 0.4) is 0 Å². The number of rotatable bonds is 3. The van der Waals surface area contributed by atoms with E-state index in [0.717, 1.165) is 11.0 Å². The Morgan fingerprint density at radius 1 is 1.42 bits per heavy atom. The number of benzene rings is 1. The molecule has 0 saturated carbocycles. The highest BCUT2D eigenvalue weighted by molar-refractivity contribution is 7.80. The Labute approximate surface area is 112 Å². The number of para-hydroxylation sites is 2. The lowest BCUT2D eigenvalue weighted by Gasteiger charge is -2.04. The molecule has 3 rings (SSSR count). The van der Waals surface area contributed by atoms with Crippen molar-refractivity contribution in [2.24, 2.45) is 0 Å². The number of esters is 1. The van der Waals surface area contributed by atoms with Crippen LogP contribution in [0.2, 0.25) is 0 Å². The van der Waals surface area contributed by atoms with Crippen molar-refractivity contribution < 1.29 is 9.53 Å². The van der Waals surface area contributed by atoms with Crippen molar-refractivity contribution in [3.05, 3.63) is 24.3 Å². The van der Waals surface area contributed by atoms with E-state index < -0.39 is 5.97 Å². The molecule has 0 radical (unpaired) electrons. The zero-order chi connectivity index (χ0) is 13.2. The fourth-order valence-electron chi connectivity index (χ4n) is 1.68. The predicted octanol–water partition coefficient (Wildman–Crippen LogP) is 0.444. The van der Waals surface area contributed by atoms with E-state index in [1.54, 1.807) is 4.57 Å². The van der Waals surface area contributed by atoms with Crippen molar-refractivity contribution in [3.63, 3.8) is 0 Å². The maximum Gasteiger partial charge on any atom is 0.340 e. The van der Waals surface area contributed by atoms with Crippen LogP contribution in [0.5, 0.6) is 6.01 Å². The number of fused-ring (bicyclic) bond motifs is 1. The van der Waals surface area contributed by atoms with Crippen molar-refractivity contribution >= 4 is 29.6 Å². The number of imidazole rings is 1. The molecule has 0 unspecified atom stereocenters. The summed E-state index contributed by atoms with van der Waals surface area (Å²) in [5, 5.41) is 12.9. The number of ether oxygens (including phenoxy) is 1. The topological polar surface area (TPSA) is 98.6 Å². The first-order valence-corrected chi connectivity index (χ1v) is 5.77. The largest absolute Gasteiger partial charge is 0.389 e. The van der Waals surface area contributed by atoms with Gasteiger partial charge in [-0.3, -0.25) is 0 Å². The Balaban J connectivity index is 1.85. The molecule has 0 aliphatic carbocycles. The maximum atomic E-state index is 11.8. The number of nitrogens with one attached hydrogen (secondary N) is 1. The molecule has 0 spiro atoms.